The first-order valence-corrected chi connectivity index (χ1v) is 7.33. The zero-order valence-electron chi connectivity index (χ0n) is 12.4. The van der Waals surface area contributed by atoms with E-state index in [1.54, 1.807) is 0 Å². The van der Waals surface area contributed by atoms with Gasteiger partial charge >= 0.3 is 6.09 Å². The Kier molecular flexibility index (Phi) is 5.82. The fourth-order valence-electron chi connectivity index (χ4n) is 1.52. The van der Waals surface area contributed by atoms with Gasteiger partial charge in [0.05, 0.1) is 0 Å². The third-order valence-electron chi connectivity index (χ3n) is 2.49. The number of carbonyl (C=O) groups is 1. The van der Waals surface area contributed by atoms with Crippen molar-refractivity contribution in [2.75, 3.05) is 13.1 Å². The molecule has 1 aromatic heterocycles. The third kappa shape index (κ3) is 6.59. The van der Waals surface area contributed by atoms with Crippen LogP contribution in [0.5, 0.6) is 0 Å². The highest BCUT2D eigenvalue weighted by molar-refractivity contribution is 7.12. The topological polar surface area (TPSA) is 50.4 Å². The summed E-state index contributed by atoms with van der Waals surface area (Å²) in [6.07, 6.45) is -0.364. The summed E-state index contributed by atoms with van der Waals surface area (Å²) in [6.45, 7) is 12.0. The smallest absolute Gasteiger partial charge is 0.407 e. The zero-order valence-corrected chi connectivity index (χ0v) is 13.2. The summed E-state index contributed by atoms with van der Waals surface area (Å²) in [5.41, 5.74) is 0.900. The monoisotopic (exact) mass is 284 g/mol. The molecule has 2 N–H and O–H groups in total. The highest BCUT2D eigenvalue weighted by Crippen LogP contribution is 2.19. The zero-order chi connectivity index (χ0) is 14.5. The predicted molar refractivity (Wildman–Crippen MR) is 79.7 cm³/mol. The van der Waals surface area contributed by atoms with E-state index in [0.29, 0.717) is 6.54 Å². The number of nitrogens with one attached hydrogen (secondary N) is 2. The summed E-state index contributed by atoms with van der Waals surface area (Å²) in [4.78, 5) is 14.1. The fourth-order valence-corrected chi connectivity index (χ4v) is 2.54. The minimum absolute atomic E-state index is 0.364. The highest BCUT2D eigenvalue weighted by Gasteiger charge is 2.15. The molecule has 0 saturated heterocycles. The average Bonchev–Trinajstić information content (AvgIpc) is 2.55. The maximum Gasteiger partial charge on any atom is 0.407 e. The molecule has 0 atom stereocenters. The van der Waals surface area contributed by atoms with E-state index in [9.17, 15) is 4.79 Å². The molecule has 0 bridgehead atoms. The predicted octanol–water partition coefficient (Wildman–Crippen LogP) is 2.98. The molecule has 0 aliphatic heterocycles. The summed E-state index contributed by atoms with van der Waals surface area (Å²) in [5.74, 6) is 0. The summed E-state index contributed by atoms with van der Waals surface area (Å²) < 4.78 is 5.15. The Bertz CT molecular complexity index is 402. The van der Waals surface area contributed by atoms with Crippen LogP contribution in [0.1, 0.15) is 36.1 Å². The summed E-state index contributed by atoms with van der Waals surface area (Å²) in [5, 5.41) is 6.02. The van der Waals surface area contributed by atoms with Crippen molar-refractivity contribution in [3.8, 4) is 0 Å². The summed E-state index contributed by atoms with van der Waals surface area (Å²) >= 11 is 1.81. The van der Waals surface area contributed by atoms with E-state index in [4.69, 9.17) is 4.74 Å². The first kappa shape index (κ1) is 16.0. The van der Waals surface area contributed by atoms with Crippen molar-refractivity contribution < 1.29 is 9.53 Å². The number of hydrogen-bond donors (Lipinski definition) is 2. The number of carbonyl (C=O) groups excluding carboxylic acids is 1. The van der Waals surface area contributed by atoms with E-state index in [0.717, 1.165) is 13.1 Å². The third-order valence-corrected chi connectivity index (χ3v) is 3.64. The van der Waals surface area contributed by atoms with E-state index in [1.807, 2.05) is 32.1 Å². The van der Waals surface area contributed by atoms with Gasteiger partial charge in [0, 0.05) is 29.4 Å². The Morgan fingerprint density at radius 2 is 2.00 bits per heavy atom. The molecule has 0 aromatic carbocycles. The minimum Gasteiger partial charge on any atom is -0.444 e. The van der Waals surface area contributed by atoms with Crippen molar-refractivity contribution in [3.05, 3.63) is 21.4 Å². The van der Waals surface area contributed by atoms with Crippen molar-refractivity contribution in [2.24, 2.45) is 0 Å². The van der Waals surface area contributed by atoms with E-state index in [-0.39, 0.29) is 6.09 Å². The molecular weight excluding hydrogens is 260 g/mol. The Labute approximate surface area is 119 Å². The molecule has 1 aromatic rings. The van der Waals surface area contributed by atoms with Crippen molar-refractivity contribution in [2.45, 2.75) is 46.8 Å². The lowest BCUT2D eigenvalue weighted by atomic mass is 10.2. The van der Waals surface area contributed by atoms with Gasteiger partial charge in [-0.2, -0.15) is 0 Å². The van der Waals surface area contributed by atoms with Crippen molar-refractivity contribution in [1.29, 1.82) is 0 Å². The standard InChI is InChI=1S/C14H24N2O2S/c1-10-8-12(19-11(10)2)9-15-6-7-16-13(17)18-14(3,4)5/h8,15H,6-7,9H2,1-5H3,(H,16,17). The second-order valence-electron chi connectivity index (χ2n) is 5.56. The molecule has 0 saturated carbocycles. The van der Waals surface area contributed by atoms with Gasteiger partial charge in [-0.05, 0) is 46.2 Å². The maximum atomic E-state index is 11.4. The SMILES string of the molecule is Cc1cc(CNCCNC(=O)OC(C)(C)C)sc1C. The fraction of sp³-hybridized carbons (Fsp3) is 0.643. The van der Waals surface area contributed by atoms with Gasteiger partial charge in [0.2, 0.25) is 0 Å². The molecule has 1 amide bonds. The molecule has 4 nitrogen and oxygen atoms in total. The average molecular weight is 284 g/mol. The minimum atomic E-state index is -0.441. The first-order valence-electron chi connectivity index (χ1n) is 6.51. The second kappa shape index (κ2) is 6.91. The van der Waals surface area contributed by atoms with Crippen LogP contribution in [0, 0.1) is 13.8 Å². The van der Waals surface area contributed by atoms with Gasteiger partial charge in [-0.1, -0.05) is 0 Å². The van der Waals surface area contributed by atoms with Gasteiger partial charge < -0.3 is 15.4 Å². The van der Waals surface area contributed by atoms with Crippen LogP contribution in [0.15, 0.2) is 6.07 Å². The Morgan fingerprint density at radius 1 is 1.32 bits per heavy atom. The first-order chi connectivity index (χ1) is 8.78. The number of hydrogen-bond acceptors (Lipinski definition) is 4. The number of rotatable bonds is 5. The quantitative estimate of drug-likeness (QED) is 0.817. The lowest BCUT2D eigenvalue weighted by Gasteiger charge is -2.19. The van der Waals surface area contributed by atoms with Gasteiger partial charge in [-0.25, -0.2) is 4.79 Å². The molecular formula is C14H24N2O2S. The lowest BCUT2D eigenvalue weighted by molar-refractivity contribution is 0.0528. The molecule has 0 aliphatic carbocycles. The van der Waals surface area contributed by atoms with Crippen LogP contribution < -0.4 is 10.6 Å². The van der Waals surface area contributed by atoms with Crippen molar-refractivity contribution in [3.63, 3.8) is 0 Å². The molecule has 0 fully saturated rings. The van der Waals surface area contributed by atoms with E-state index < -0.39 is 5.60 Å². The second-order valence-corrected chi connectivity index (χ2v) is 6.90. The summed E-state index contributed by atoms with van der Waals surface area (Å²) in [7, 11) is 0. The molecule has 0 unspecified atom stereocenters. The van der Waals surface area contributed by atoms with E-state index in [1.165, 1.54) is 15.3 Å². The Balaban J connectivity index is 2.13. The van der Waals surface area contributed by atoms with E-state index in [2.05, 4.69) is 30.5 Å². The molecule has 0 spiro atoms. The summed E-state index contributed by atoms with van der Waals surface area (Å²) in [6, 6.07) is 2.20. The number of alkyl carbamates (subject to hydrolysis) is 1. The number of amides is 1. The molecule has 19 heavy (non-hydrogen) atoms. The van der Waals surface area contributed by atoms with Crippen LogP contribution in [0.4, 0.5) is 4.79 Å². The number of aryl methyl sites for hydroxylation is 2. The molecule has 1 rings (SSSR count). The molecule has 5 heteroatoms. The molecule has 108 valence electrons. The Hall–Kier alpha value is -1.07. The van der Waals surface area contributed by atoms with Crippen LogP contribution >= 0.6 is 11.3 Å². The Morgan fingerprint density at radius 3 is 2.53 bits per heavy atom. The lowest BCUT2D eigenvalue weighted by Crippen LogP contribution is -2.36. The van der Waals surface area contributed by atoms with Crippen LogP contribution in [0.3, 0.4) is 0 Å². The highest BCUT2D eigenvalue weighted by atomic mass is 32.1. The van der Waals surface area contributed by atoms with Gasteiger partial charge in [0.25, 0.3) is 0 Å². The van der Waals surface area contributed by atoms with Crippen LogP contribution in [0.25, 0.3) is 0 Å². The number of ether oxygens (including phenoxy) is 1. The molecule has 0 aliphatic rings. The van der Waals surface area contributed by atoms with Gasteiger partial charge in [-0.15, -0.1) is 11.3 Å². The maximum absolute atomic E-state index is 11.4. The van der Waals surface area contributed by atoms with Crippen molar-refractivity contribution in [1.82, 2.24) is 10.6 Å². The van der Waals surface area contributed by atoms with E-state index >= 15 is 0 Å². The van der Waals surface area contributed by atoms with Crippen molar-refractivity contribution >= 4 is 17.4 Å². The number of thiophene rings is 1. The van der Waals surface area contributed by atoms with Gasteiger partial charge in [0.1, 0.15) is 5.60 Å². The van der Waals surface area contributed by atoms with Crippen LogP contribution in [-0.4, -0.2) is 24.8 Å². The largest absolute Gasteiger partial charge is 0.444 e. The van der Waals surface area contributed by atoms with Gasteiger partial charge in [0.15, 0.2) is 0 Å². The molecule has 0 radical (unpaired) electrons. The van der Waals surface area contributed by atoms with Gasteiger partial charge in [-0.3, -0.25) is 0 Å². The van der Waals surface area contributed by atoms with Crippen LogP contribution in [0.2, 0.25) is 0 Å². The van der Waals surface area contributed by atoms with Crippen LogP contribution in [-0.2, 0) is 11.3 Å². The molecule has 1 heterocycles. The normalized spacial score (nSPS) is 11.4.